The quantitative estimate of drug-likeness (QED) is 0.333. The van der Waals surface area contributed by atoms with Crippen LogP contribution in [0.1, 0.15) is 34.6 Å². The lowest BCUT2D eigenvalue weighted by atomic mass is 10.1. The monoisotopic (exact) mass is 383 g/mol. The van der Waals surface area contributed by atoms with Crippen LogP contribution in [-0.4, -0.2) is 53.6 Å². The fourth-order valence-electron chi connectivity index (χ4n) is 2.79. The summed E-state index contributed by atoms with van der Waals surface area (Å²) in [4.78, 5) is 47.8. The van der Waals surface area contributed by atoms with Crippen molar-refractivity contribution in [2.45, 2.75) is 32.2 Å². The molecule has 0 saturated carbocycles. The molecule has 2 aliphatic rings. The second-order valence-electron chi connectivity index (χ2n) is 6.10. The molecule has 2 amide bonds. The minimum Gasteiger partial charge on any atom is -0.463 e. The van der Waals surface area contributed by atoms with Crippen molar-refractivity contribution in [2.24, 2.45) is 0 Å². The highest BCUT2D eigenvalue weighted by molar-refractivity contribution is 6.22. The summed E-state index contributed by atoms with van der Waals surface area (Å²) in [7, 11) is 0. The number of amides is 2. The summed E-state index contributed by atoms with van der Waals surface area (Å²) in [6.45, 7) is 2.37. The molecule has 0 unspecified atom stereocenters. The molecule has 0 radical (unpaired) electrons. The Morgan fingerprint density at radius 3 is 2.29 bits per heavy atom. The molecule has 0 fully saturated rings. The van der Waals surface area contributed by atoms with Gasteiger partial charge in [0.25, 0.3) is 11.8 Å². The lowest BCUT2D eigenvalue weighted by Gasteiger charge is -2.29. The standard InChI is InChI=1S/C20H17NO7/c1-12(22)26-11-18-17(27-13(2)23)8-7-14(28-18)9-10-21-19(24)15-5-3-4-6-16(15)20(21)25/h3-8,14,17-18H,11H2,1-2H3/t14-,17+,18+/m0/s1. The number of nitrogens with zero attached hydrogens (tertiary/aromatic N) is 1. The zero-order chi connectivity index (χ0) is 20.3. The molecule has 3 rings (SSSR count). The number of ether oxygens (including phenoxy) is 3. The third-order valence-electron chi connectivity index (χ3n) is 4.03. The van der Waals surface area contributed by atoms with Crippen LogP contribution in [0, 0.1) is 12.0 Å². The molecule has 28 heavy (non-hydrogen) atoms. The van der Waals surface area contributed by atoms with E-state index >= 15 is 0 Å². The molecule has 0 bridgehead atoms. The van der Waals surface area contributed by atoms with Gasteiger partial charge in [-0.1, -0.05) is 12.1 Å². The van der Waals surface area contributed by atoms with Gasteiger partial charge in [-0.05, 0) is 30.2 Å². The number of benzene rings is 1. The molecule has 1 aromatic carbocycles. The van der Waals surface area contributed by atoms with Gasteiger partial charge < -0.3 is 14.2 Å². The Kier molecular flexibility index (Phi) is 5.57. The van der Waals surface area contributed by atoms with Crippen molar-refractivity contribution in [3.8, 4) is 12.0 Å². The highest BCUT2D eigenvalue weighted by Gasteiger charge is 2.35. The van der Waals surface area contributed by atoms with Crippen LogP contribution in [0.5, 0.6) is 0 Å². The summed E-state index contributed by atoms with van der Waals surface area (Å²) in [6, 6.07) is 9.00. The van der Waals surface area contributed by atoms with Crippen molar-refractivity contribution in [1.29, 1.82) is 0 Å². The molecular formula is C20H17NO7. The average molecular weight is 383 g/mol. The number of carbonyl (C=O) groups excluding carboxylic acids is 4. The van der Waals surface area contributed by atoms with Crippen LogP contribution in [0.25, 0.3) is 0 Å². The molecule has 8 nitrogen and oxygen atoms in total. The number of fused-ring (bicyclic) bond motifs is 1. The number of hydrogen-bond donors (Lipinski definition) is 0. The average Bonchev–Trinajstić information content (AvgIpc) is 2.90. The van der Waals surface area contributed by atoms with Crippen LogP contribution in [0.4, 0.5) is 0 Å². The highest BCUT2D eigenvalue weighted by Crippen LogP contribution is 2.22. The van der Waals surface area contributed by atoms with E-state index in [2.05, 4.69) is 12.0 Å². The fraction of sp³-hybridized carbons (Fsp3) is 0.300. The number of esters is 2. The van der Waals surface area contributed by atoms with Crippen LogP contribution in [0.15, 0.2) is 36.4 Å². The first kappa shape index (κ1) is 19.3. The molecule has 0 spiro atoms. The SMILES string of the molecule is CC(=O)OC[C@H]1O[C@H](C#CN2C(=O)c3ccccc3C2=O)C=C[C@H]1OC(C)=O. The molecule has 2 heterocycles. The van der Waals surface area contributed by atoms with Gasteiger partial charge in [0, 0.05) is 19.9 Å². The zero-order valence-electron chi connectivity index (χ0n) is 15.2. The van der Waals surface area contributed by atoms with Gasteiger partial charge in [0.2, 0.25) is 0 Å². The molecule has 0 aliphatic carbocycles. The van der Waals surface area contributed by atoms with Gasteiger partial charge in [0.15, 0.2) is 0 Å². The Labute approximate surface area is 161 Å². The first-order valence-corrected chi connectivity index (χ1v) is 8.50. The second kappa shape index (κ2) is 8.06. The topological polar surface area (TPSA) is 99.2 Å². The van der Waals surface area contributed by atoms with E-state index in [1.807, 2.05) is 0 Å². The minimum absolute atomic E-state index is 0.136. The van der Waals surface area contributed by atoms with Gasteiger partial charge >= 0.3 is 11.9 Å². The van der Waals surface area contributed by atoms with E-state index in [4.69, 9.17) is 14.2 Å². The van der Waals surface area contributed by atoms with Crippen LogP contribution in [0.2, 0.25) is 0 Å². The van der Waals surface area contributed by atoms with Gasteiger partial charge in [-0.2, -0.15) is 4.90 Å². The Morgan fingerprint density at radius 1 is 1.07 bits per heavy atom. The Bertz CT molecular complexity index is 889. The number of imide groups is 1. The molecular weight excluding hydrogens is 366 g/mol. The van der Waals surface area contributed by atoms with Gasteiger partial charge in [0.1, 0.15) is 24.9 Å². The second-order valence-corrected chi connectivity index (χ2v) is 6.10. The predicted molar refractivity (Wildman–Crippen MR) is 94.7 cm³/mol. The van der Waals surface area contributed by atoms with Crippen LogP contribution >= 0.6 is 0 Å². The maximum absolute atomic E-state index is 12.3. The van der Waals surface area contributed by atoms with Crippen LogP contribution in [0.3, 0.4) is 0 Å². The highest BCUT2D eigenvalue weighted by atomic mass is 16.6. The normalized spacial score (nSPS) is 22.9. The van der Waals surface area contributed by atoms with E-state index in [1.165, 1.54) is 13.8 Å². The lowest BCUT2D eigenvalue weighted by Crippen LogP contribution is -2.41. The van der Waals surface area contributed by atoms with Crippen molar-refractivity contribution < 1.29 is 33.4 Å². The Balaban J connectivity index is 1.75. The molecule has 1 aromatic rings. The first-order valence-electron chi connectivity index (χ1n) is 8.50. The van der Waals surface area contributed by atoms with Crippen molar-refractivity contribution in [3.05, 3.63) is 47.5 Å². The predicted octanol–water partition coefficient (Wildman–Crippen LogP) is 1.06. The molecule has 8 heteroatoms. The van der Waals surface area contributed by atoms with Gasteiger partial charge in [-0.15, -0.1) is 0 Å². The number of carbonyl (C=O) groups is 4. The smallest absolute Gasteiger partial charge is 0.303 e. The van der Waals surface area contributed by atoms with Crippen molar-refractivity contribution in [3.63, 3.8) is 0 Å². The summed E-state index contributed by atoms with van der Waals surface area (Å²) in [6.07, 6.45) is 0.828. The van der Waals surface area contributed by atoms with Crippen LogP contribution < -0.4 is 0 Å². The van der Waals surface area contributed by atoms with Gasteiger partial charge in [-0.25, -0.2) is 0 Å². The molecule has 2 aliphatic heterocycles. The molecule has 3 atom stereocenters. The van der Waals surface area contributed by atoms with E-state index in [1.54, 1.807) is 36.4 Å². The number of rotatable bonds is 3. The maximum atomic E-state index is 12.3. The summed E-state index contributed by atoms with van der Waals surface area (Å²) >= 11 is 0. The first-order chi connectivity index (χ1) is 13.4. The Hall–Kier alpha value is -3.44. The Morgan fingerprint density at radius 2 is 1.71 bits per heavy atom. The minimum atomic E-state index is -0.781. The van der Waals surface area contributed by atoms with E-state index in [0.717, 1.165) is 4.90 Å². The maximum Gasteiger partial charge on any atom is 0.303 e. The van der Waals surface area contributed by atoms with E-state index < -0.39 is 42.1 Å². The summed E-state index contributed by atoms with van der Waals surface area (Å²) in [5, 5.41) is 0. The lowest BCUT2D eigenvalue weighted by molar-refractivity contribution is -0.161. The third-order valence-corrected chi connectivity index (χ3v) is 4.03. The largest absolute Gasteiger partial charge is 0.463 e. The third kappa shape index (κ3) is 4.10. The molecule has 0 saturated heterocycles. The van der Waals surface area contributed by atoms with Crippen molar-refractivity contribution in [1.82, 2.24) is 4.90 Å². The van der Waals surface area contributed by atoms with E-state index in [9.17, 15) is 19.2 Å². The molecule has 0 N–H and O–H groups in total. The van der Waals surface area contributed by atoms with Crippen molar-refractivity contribution >= 4 is 23.8 Å². The van der Waals surface area contributed by atoms with E-state index in [0.29, 0.717) is 11.1 Å². The molecule has 0 aromatic heterocycles. The summed E-state index contributed by atoms with van der Waals surface area (Å²) in [5.74, 6) is 0.680. The van der Waals surface area contributed by atoms with E-state index in [-0.39, 0.29) is 6.61 Å². The van der Waals surface area contributed by atoms with Crippen LogP contribution in [-0.2, 0) is 23.8 Å². The van der Waals surface area contributed by atoms with Gasteiger partial charge in [-0.3, -0.25) is 19.2 Å². The number of hydrogen-bond acceptors (Lipinski definition) is 7. The van der Waals surface area contributed by atoms with Gasteiger partial charge in [0.05, 0.1) is 11.1 Å². The summed E-state index contributed by atoms with van der Waals surface area (Å²) in [5.41, 5.74) is 0.592. The zero-order valence-corrected chi connectivity index (χ0v) is 15.2. The van der Waals surface area contributed by atoms with Crippen molar-refractivity contribution in [2.75, 3.05) is 6.61 Å². The fourth-order valence-corrected chi connectivity index (χ4v) is 2.79. The molecule has 144 valence electrons. The summed E-state index contributed by atoms with van der Waals surface area (Å²) < 4.78 is 15.8.